The van der Waals surface area contributed by atoms with Crippen LogP contribution in [0.4, 0.5) is 0 Å². The van der Waals surface area contributed by atoms with E-state index in [2.05, 4.69) is 17.9 Å². The number of benzene rings is 1. The number of phenols is 1. The summed E-state index contributed by atoms with van der Waals surface area (Å²) in [6, 6.07) is 7.48. The molecule has 3 rings (SSSR count). The van der Waals surface area contributed by atoms with Gasteiger partial charge in [-0.2, -0.15) is 0 Å². The normalized spacial score (nSPS) is 16.2. The lowest BCUT2D eigenvalue weighted by Crippen LogP contribution is -2.44. The second-order valence-electron chi connectivity index (χ2n) is 8.45. The molecular formula is C25H36N4O2. The molecular weight excluding hydrogens is 388 g/mol. The first-order valence-electron chi connectivity index (χ1n) is 11.7. The lowest BCUT2D eigenvalue weighted by atomic mass is 9.72. The van der Waals surface area contributed by atoms with Crippen molar-refractivity contribution in [2.45, 2.75) is 58.3 Å². The first-order valence-corrected chi connectivity index (χ1v) is 11.7. The van der Waals surface area contributed by atoms with Gasteiger partial charge in [-0.3, -0.25) is 4.79 Å². The maximum atomic E-state index is 12.7. The largest absolute Gasteiger partial charge is 0.508 e. The Balaban J connectivity index is 1.87. The van der Waals surface area contributed by atoms with Crippen LogP contribution in [0.1, 0.15) is 74.6 Å². The number of hydrogen-bond acceptors (Lipinski definition) is 5. The second-order valence-corrected chi connectivity index (χ2v) is 8.45. The van der Waals surface area contributed by atoms with E-state index in [-0.39, 0.29) is 17.1 Å². The number of unbranched alkanes of at least 4 members (excludes halogenated alkanes) is 2. The molecule has 1 aliphatic heterocycles. The summed E-state index contributed by atoms with van der Waals surface area (Å²) in [5.41, 5.74) is 1.22. The van der Waals surface area contributed by atoms with E-state index < -0.39 is 0 Å². The van der Waals surface area contributed by atoms with Crippen LogP contribution in [0.25, 0.3) is 0 Å². The Morgan fingerprint density at radius 3 is 2.35 bits per heavy atom. The van der Waals surface area contributed by atoms with Gasteiger partial charge in [0.1, 0.15) is 11.6 Å². The van der Waals surface area contributed by atoms with Gasteiger partial charge in [0, 0.05) is 25.5 Å². The van der Waals surface area contributed by atoms with Gasteiger partial charge in [-0.25, -0.2) is 9.97 Å². The Morgan fingerprint density at radius 2 is 1.77 bits per heavy atom. The summed E-state index contributed by atoms with van der Waals surface area (Å²) in [5.74, 6) is 0.965. The van der Waals surface area contributed by atoms with Crippen molar-refractivity contribution in [1.29, 1.82) is 0 Å². The Morgan fingerprint density at radius 1 is 1.10 bits per heavy atom. The highest BCUT2D eigenvalue weighted by Gasteiger charge is 2.40. The van der Waals surface area contributed by atoms with Crippen LogP contribution in [0.3, 0.4) is 0 Å². The van der Waals surface area contributed by atoms with E-state index in [0.717, 1.165) is 43.9 Å². The van der Waals surface area contributed by atoms with Crippen LogP contribution in [0.15, 0.2) is 36.7 Å². The first-order chi connectivity index (χ1) is 15.0. The van der Waals surface area contributed by atoms with Gasteiger partial charge < -0.3 is 14.9 Å². The van der Waals surface area contributed by atoms with Crippen molar-refractivity contribution in [3.05, 3.63) is 53.6 Å². The quantitative estimate of drug-likeness (QED) is 0.610. The molecule has 6 heteroatoms. The molecule has 0 bridgehead atoms. The highest BCUT2D eigenvalue weighted by molar-refractivity contribution is 5.93. The van der Waals surface area contributed by atoms with E-state index >= 15 is 0 Å². The van der Waals surface area contributed by atoms with Crippen LogP contribution < -0.4 is 0 Å². The first kappa shape index (κ1) is 23.2. The number of phenolic OH excluding ortho intramolecular Hbond substituents is 1. The summed E-state index contributed by atoms with van der Waals surface area (Å²) in [6.07, 6.45) is 8.85. The number of rotatable bonds is 9. The van der Waals surface area contributed by atoms with Crippen LogP contribution in [0, 0.1) is 0 Å². The molecule has 1 aromatic heterocycles. The number of hydrogen-bond donors (Lipinski definition) is 1. The molecule has 0 spiro atoms. The molecule has 31 heavy (non-hydrogen) atoms. The maximum absolute atomic E-state index is 12.7. The van der Waals surface area contributed by atoms with E-state index in [1.807, 2.05) is 26.0 Å². The second kappa shape index (κ2) is 10.7. The van der Waals surface area contributed by atoms with Gasteiger partial charge in [-0.1, -0.05) is 31.9 Å². The molecule has 0 radical (unpaired) electrons. The molecule has 1 aromatic carbocycles. The van der Waals surface area contributed by atoms with Gasteiger partial charge in [0.2, 0.25) is 0 Å². The molecule has 2 aromatic rings. The predicted molar refractivity (Wildman–Crippen MR) is 123 cm³/mol. The monoisotopic (exact) mass is 424 g/mol. The summed E-state index contributed by atoms with van der Waals surface area (Å²) in [4.78, 5) is 26.4. The van der Waals surface area contributed by atoms with E-state index in [9.17, 15) is 9.90 Å². The number of carbonyl (C=O) groups is 1. The minimum Gasteiger partial charge on any atom is -0.508 e. The molecule has 6 nitrogen and oxygen atoms in total. The van der Waals surface area contributed by atoms with Crippen molar-refractivity contribution in [2.24, 2.45) is 0 Å². The van der Waals surface area contributed by atoms with Gasteiger partial charge in [0.25, 0.3) is 5.91 Å². The number of likely N-dealkylation sites (tertiary alicyclic amines) is 1. The fraction of sp³-hybridized carbons (Fsp3) is 0.560. The Bertz CT molecular complexity index is 841. The average molecular weight is 425 g/mol. The van der Waals surface area contributed by atoms with Gasteiger partial charge in [0.15, 0.2) is 0 Å². The predicted octanol–water partition coefficient (Wildman–Crippen LogP) is 4.24. The number of amides is 1. The zero-order valence-corrected chi connectivity index (χ0v) is 19.2. The van der Waals surface area contributed by atoms with Crippen molar-refractivity contribution in [1.82, 2.24) is 19.8 Å². The van der Waals surface area contributed by atoms with Crippen molar-refractivity contribution < 1.29 is 9.90 Å². The topological polar surface area (TPSA) is 69.6 Å². The fourth-order valence-electron chi connectivity index (χ4n) is 4.57. The number of carbonyl (C=O) groups excluding carboxylic acids is 1. The highest BCUT2D eigenvalue weighted by atomic mass is 16.3. The average Bonchev–Trinajstić information content (AvgIpc) is 2.80. The van der Waals surface area contributed by atoms with Crippen LogP contribution >= 0.6 is 0 Å². The Labute approximate surface area is 186 Å². The van der Waals surface area contributed by atoms with Gasteiger partial charge in [0.05, 0.1) is 11.0 Å². The summed E-state index contributed by atoms with van der Waals surface area (Å²) < 4.78 is 0. The lowest BCUT2D eigenvalue weighted by Gasteiger charge is -2.41. The van der Waals surface area contributed by atoms with E-state index in [0.29, 0.717) is 18.7 Å². The van der Waals surface area contributed by atoms with E-state index in [4.69, 9.17) is 9.97 Å². The van der Waals surface area contributed by atoms with Crippen molar-refractivity contribution in [3.63, 3.8) is 0 Å². The zero-order valence-electron chi connectivity index (χ0n) is 19.2. The molecule has 1 fully saturated rings. The van der Waals surface area contributed by atoms with E-state index in [1.165, 1.54) is 19.3 Å². The van der Waals surface area contributed by atoms with Crippen LogP contribution in [0.2, 0.25) is 0 Å². The molecule has 0 unspecified atom stereocenters. The standard InChI is InChI=1S/C25H36N4O2/c1-4-7-8-14-28-15-12-25(13-16-28,21-10-9-11-22(30)17-21)24-26-18-20(19-27-24)23(31)29(5-2)6-3/h9-11,17-19,30H,4-8,12-16H2,1-3H3. The fourth-order valence-corrected chi connectivity index (χ4v) is 4.57. The van der Waals surface area contributed by atoms with Crippen molar-refractivity contribution >= 4 is 5.91 Å². The molecule has 1 aliphatic rings. The third kappa shape index (κ3) is 5.24. The highest BCUT2D eigenvalue weighted by Crippen LogP contribution is 2.41. The van der Waals surface area contributed by atoms with Crippen molar-refractivity contribution in [2.75, 3.05) is 32.7 Å². The molecule has 0 aliphatic carbocycles. The summed E-state index contributed by atoms with van der Waals surface area (Å²) in [6.45, 7) is 10.6. The van der Waals surface area contributed by atoms with Crippen LogP contribution in [-0.2, 0) is 5.41 Å². The molecule has 0 saturated carbocycles. The van der Waals surface area contributed by atoms with Gasteiger partial charge in [-0.15, -0.1) is 0 Å². The number of piperidine rings is 1. The van der Waals surface area contributed by atoms with E-state index in [1.54, 1.807) is 23.4 Å². The summed E-state index contributed by atoms with van der Waals surface area (Å²) >= 11 is 0. The van der Waals surface area contributed by atoms with Gasteiger partial charge in [-0.05, 0) is 70.4 Å². The smallest absolute Gasteiger partial charge is 0.256 e. The van der Waals surface area contributed by atoms with Crippen LogP contribution in [-0.4, -0.2) is 63.5 Å². The van der Waals surface area contributed by atoms with Crippen molar-refractivity contribution in [3.8, 4) is 5.75 Å². The van der Waals surface area contributed by atoms with Crippen LogP contribution in [0.5, 0.6) is 5.75 Å². The molecule has 1 saturated heterocycles. The minimum absolute atomic E-state index is 0.0336. The summed E-state index contributed by atoms with van der Waals surface area (Å²) in [7, 11) is 0. The Kier molecular flexibility index (Phi) is 8.02. The molecule has 1 amide bonds. The Hall–Kier alpha value is -2.47. The summed E-state index contributed by atoms with van der Waals surface area (Å²) in [5, 5.41) is 10.1. The van der Waals surface area contributed by atoms with Gasteiger partial charge >= 0.3 is 0 Å². The zero-order chi connectivity index (χ0) is 22.3. The number of aromatic nitrogens is 2. The molecule has 2 heterocycles. The molecule has 168 valence electrons. The maximum Gasteiger partial charge on any atom is 0.256 e. The molecule has 0 atom stereocenters. The SMILES string of the molecule is CCCCCN1CCC(c2cccc(O)c2)(c2ncc(C(=O)N(CC)CC)cn2)CC1. The number of nitrogens with zero attached hydrogens (tertiary/aromatic N) is 4. The third-order valence-corrected chi connectivity index (χ3v) is 6.56. The third-order valence-electron chi connectivity index (χ3n) is 6.56. The minimum atomic E-state index is -0.350. The number of aromatic hydroxyl groups is 1. The lowest BCUT2D eigenvalue weighted by molar-refractivity contribution is 0.0772. The molecule has 1 N–H and O–H groups in total.